The highest BCUT2D eigenvalue weighted by molar-refractivity contribution is 5.85. The molecule has 4 N–H and O–H groups in total. The summed E-state index contributed by atoms with van der Waals surface area (Å²) < 4.78 is 31.0. The molecule has 2 heterocycles. The van der Waals surface area contributed by atoms with Gasteiger partial charge in [0.05, 0.1) is 29.5 Å². The lowest BCUT2D eigenvalue weighted by Gasteiger charge is -2.66. The average Bonchev–Trinajstić information content (AvgIpc) is 3.58. The summed E-state index contributed by atoms with van der Waals surface area (Å²) in [6.45, 7) is 4.71. The molecular formula is C37H50FNO8. The lowest BCUT2D eigenvalue weighted by molar-refractivity contribution is -0.282. The highest BCUT2D eigenvalue weighted by atomic mass is 19.1. The van der Waals surface area contributed by atoms with Crippen LogP contribution in [0.2, 0.25) is 0 Å². The molecule has 9 nitrogen and oxygen atoms in total. The molecule has 0 spiro atoms. The largest absolute Gasteiger partial charge is 0.458 e. The number of cyclic esters (lactones) is 1. The minimum absolute atomic E-state index is 0.00644. The van der Waals surface area contributed by atoms with Gasteiger partial charge < -0.3 is 34.6 Å². The number of aliphatic hydroxyl groups is 4. The van der Waals surface area contributed by atoms with E-state index in [-0.39, 0.29) is 42.1 Å². The summed E-state index contributed by atoms with van der Waals surface area (Å²) in [5.74, 6) is -0.523. The molecule has 10 heteroatoms. The second kappa shape index (κ2) is 12.3. The highest BCUT2D eigenvalue weighted by Gasteiger charge is 2.71. The predicted molar refractivity (Wildman–Crippen MR) is 171 cm³/mol. The van der Waals surface area contributed by atoms with Crippen LogP contribution in [0.1, 0.15) is 83.6 Å². The van der Waals surface area contributed by atoms with Gasteiger partial charge in [0.25, 0.3) is 0 Å². The van der Waals surface area contributed by atoms with E-state index in [9.17, 15) is 29.6 Å². The molecule has 2 aliphatic heterocycles. The van der Waals surface area contributed by atoms with Crippen LogP contribution in [-0.4, -0.2) is 87.7 Å². The van der Waals surface area contributed by atoms with Gasteiger partial charge in [-0.15, -0.1) is 0 Å². The summed E-state index contributed by atoms with van der Waals surface area (Å²) in [6.07, 6.45) is 6.93. The average molecular weight is 656 g/mol. The Morgan fingerprint density at radius 1 is 1.04 bits per heavy atom. The fraction of sp³-hybridized carbons (Fsp3) is 0.730. The lowest BCUT2D eigenvalue weighted by atomic mass is 9.41. The van der Waals surface area contributed by atoms with Gasteiger partial charge in [0, 0.05) is 42.5 Å². The normalized spacial score (nSPS) is 46.4. The Balaban J connectivity index is 1.15. The van der Waals surface area contributed by atoms with E-state index < -0.39 is 46.6 Å². The van der Waals surface area contributed by atoms with E-state index in [4.69, 9.17) is 19.2 Å². The number of nitrogens with zero attached hydrogens (tertiary/aromatic N) is 1. The van der Waals surface area contributed by atoms with Gasteiger partial charge in [0.15, 0.2) is 6.29 Å². The second-order valence-electron chi connectivity index (χ2n) is 15.6. The molecule has 0 amide bonds. The molecule has 4 aliphatic carbocycles. The highest BCUT2D eigenvalue weighted by Crippen LogP contribution is 2.70. The number of ether oxygens (including phenoxy) is 3. The van der Waals surface area contributed by atoms with E-state index in [1.165, 1.54) is 12.1 Å². The molecule has 12 atom stereocenters. The number of benzene rings is 1. The van der Waals surface area contributed by atoms with Crippen LogP contribution >= 0.6 is 0 Å². The van der Waals surface area contributed by atoms with Crippen LogP contribution in [0.15, 0.2) is 40.9 Å². The number of aliphatic hydroxyl groups excluding tert-OH is 2. The van der Waals surface area contributed by atoms with Crippen LogP contribution in [-0.2, 0) is 25.4 Å². The van der Waals surface area contributed by atoms with Crippen LogP contribution in [0.5, 0.6) is 0 Å². The van der Waals surface area contributed by atoms with E-state index >= 15 is 0 Å². The number of aliphatic imine (C=N–C) groups is 1. The van der Waals surface area contributed by atoms with E-state index in [1.807, 2.05) is 6.21 Å². The van der Waals surface area contributed by atoms with Crippen molar-refractivity contribution in [3.63, 3.8) is 0 Å². The van der Waals surface area contributed by atoms with Crippen molar-refractivity contribution in [2.45, 2.75) is 126 Å². The van der Waals surface area contributed by atoms with Crippen molar-refractivity contribution < 1.29 is 43.8 Å². The van der Waals surface area contributed by atoms with Crippen molar-refractivity contribution >= 4 is 12.2 Å². The summed E-state index contributed by atoms with van der Waals surface area (Å²) in [5, 5.41) is 46.0. The van der Waals surface area contributed by atoms with Crippen molar-refractivity contribution in [1.82, 2.24) is 0 Å². The van der Waals surface area contributed by atoms with Crippen LogP contribution in [0.25, 0.3) is 0 Å². The van der Waals surface area contributed by atoms with Crippen molar-refractivity contribution in [2.24, 2.45) is 33.6 Å². The maximum absolute atomic E-state index is 13.5. The summed E-state index contributed by atoms with van der Waals surface area (Å²) in [7, 11) is 0. The van der Waals surface area contributed by atoms with Gasteiger partial charge in [0.2, 0.25) is 0 Å². The molecule has 7 rings (SSSR count). The van der Waals surface area contributed by atoms with Gasteiger partial charge in [-0.3, -0.25) is 4.99 Å². The number of carbonyl (C=O) groups excluding carboxylic acids is 1. The van der Waals surface area contributed by atoms with Gasteiger partial charge in [-0.1, -0.05) is 19.1 Å². The quantitative estimate of drug-likeness (QED) is 0.196. The fourth-order valence-electron chi connectivity index (χ4n) is 10.9. The zero-order chi connectivity index (χ0) is 33.2. The third kappa shape index (κ3) is 5.51. The first kappa shape index (κ1) is 33.3. The molecule has 0 unspecified atom stereocenters. The fourth-order valence-corrected chi connectivity index (χ4v) is 10.9. The zero-order valence-corrected chi connectivity index (χ0v) is 27.5. The minimum Gasteiger partial charge on any atom is -0.458 e. The predicted octanol–water partition coefficient (Wildman–Crippen LogP) is 4.03. The van der Waals surface area contributed by atoms with Crippen molar-refractivity contribution in [3.8, 4) is 0 Å². The Morgan fingerprint density at radius 3 is 2.53 bits per heavy atom. The van der Waals surface area contributed by atoms with Crippen molar-refractivity contribution in [3.05, 3.63) is 47.3 Å². The first-order valence-electron chi connectivity index (χ1n) is 17.6. The standard InChI is InChI=1S/C37H50FNO8/c1-22-33(42)30(40)18-32(46-22)47-26-7-13-35(21-39-16-11-23-3-5-25(38)6-4-23)28-8-12-34(2)27(24-17-31(41)45-20-24)10-15-37(34,44)29(28)9-14-36(35,43)19-26/h3-6,17,21-22,26-30,32-33,40,42-44H,7-16,18-20H2,1-2H3/t22-,26-,27+,28-,29+,30-,32+,33-,34+,35-,36-,37-/m0/s1. The molecule has 1 aromatic rings. The smallest absolute Gasteiger partial charge is 0.331 e. The molecule has 0 aromatic heterocycles. The minimum atomic E-state index is -1.12. The molecule has 4 saturated carbocycles. The Hall–Kier alpha value is -2.21. The maximum Gasteiger partial charge on any atom is 0.331 e. The van der Waals surface area contributed by atoms with E-state index in [1.54, 1.807) is 25.1 Å². The maximum atomic E-state index is 13.5. The molecular weight excluding hydrogens is 605 g/mol. The van der Waals surface area contributed by atoms with E-state index in [0.717, 1.165) is 30.4 Å². The molecule has 1 aromatic carbocycles. The van der Waals surface area contributed by atoms with Crippen LogP contribution in [0.4, 0.5) is 4.39 Å². The topological polar surface area (TPSA) is 138 Å². The number of halogens is 1. The third-order valence-corrected chi connectivity index (χ3v) is 13.4. The van der Waals surface area contributed by atoms with Gasteiger partial charge in [-0.25, -0.2) is 9.18 Å². The first-order chi connectivity index (χ1) is 22.4. The Morgan fingerprint density at radius 2 is 1.81 bits per heavy atom. The van der Waals surface area contributed by atoms with Crippen molar-refractivity contribution in [1.29, 1.82) is 0 Å². The molecule has 47 heavy (non-hydrogen) atoms. The first-order valence-corrected chi connectivity index (χ1v) is 17.6. The summed E-state index contributed by atoms with van der Waals surface area (Å²) in [6, 6.07) is 6.46. The Bertz CT molecular complexity index is 1390. The van der Waals surface area contributed by atoms with Crippen LogP contribution in [0.3, 0.4) is 0 Å². The number of carbonyl (C=O) groups is 1. The molecule has 0 radical (unpaired) electrons. The number of esters is 1. The molecule has 258 valence electrons. The molecule has 5 fully saturated rings. The molecule has 1 saturated heterocycles. The van der Waals surface area contributed by atoms with Gasteiger partial charge in [0.1, 0.15) is 18.5 Å². The van der Waals surface area contributed by atoms with Gasteiger partial charge >= 0.3 is 5.97 Å². The summed E-state index contributed by atoms with van der Waals surface area (Å²) in [5.41, 5.74) is -1.15. The second-order valence-corrected chi connectivity index (χ2v) is 15.6. The Kier molecular flexibility index (Phi) is 8.70. The number of hydrogen-bond donors (Lipinski definition) is 4. The number of fused-ring (bicyclic) bond motifs is 5. The number of hydrogen-bond acceptors (Lipinski definition) is 9. The van der Waals surface area contributed by atoms with E-state index in [2.05, 4.69) is 6.92 Å². The van der Waals surface area contributed by atoms with E-state index in [0.29, 0.717) is 58.1 Å². The SMILES string of the molecule is C[C@@H]1O[C@H](O[C@H]2CC[C@]3(C=NCCc4ccc(F)cc4)[C@H]4CC[C@]5(C)[C@@H](C6=CC(=O)OC6)CC[C@]5(O)[C@@H]4CC[C@]3(O)C2)C[C@H](O)[C@H]1O. The zero-order valence-electron chi connectivity index (χ0n) is 27.5. The summed E-state index contributed by atoms with van der Waals surface area (Å²) >= 11 is 0. The Labute approximate surface area is 276 Å². The van der Waals surface area contributed by atoms with Crippen LogP contribution in [0, 0.1) is 34.4 Å². The lowest BCUT2D eigenvalue weighted by Crippen LogP contribution is -2.69. The molecule has 6 aliphatic rings. The van der Waals surface area contributed by atoms with Crippen LogP contribution < -0.4 is 0 Å². The number of rotatable bonds is 7. The third-order valence-electron chi connectivity index (χ3n) is 13.4. The van der Waals surface area contributed by atoms with Crippen molar-refractivity contribution in [2.75, 3.05) is 13.2 Å². The summed E-state index contributed by atoms with van der Waals surface area (Å²) in [4.78, 5) is 16.9. The van der Waals surface area contributed by atoms with Gasteiger partial charge in [-0.2, -0.15) is 0 Å². The van der Waals surface area contributed by atoms with Gasteiger partial charge in [-0.05, 0) is 106 Å². The monoisotopic (exact) mass is 655 g/mol. The molecule has 0 bridgehead atoms.